The van der Waals surface area contributed by atoms with Crippen LogP contribution in [0.25, 0.3) is 0 Å². The molecule has 2 N–H and O–H groups in total. The van der Waals surface area contributed by atoms with Crippen molar-refractivity contribution in [1.29, 1.82) is 0 Å². The molecule has 1 fully saturated rings. The Morgan fingerprint density at radius 3 is 2.83 bits per heavy atom. The number of amides is 1. The van der Waals surface area contributed by atoms with Crippen LogP contribution in [0.15, 0.2) is 24.3 Å². The van der Waals surface area contributed by atoms with Gasteiger partial charge in [-0.2, -0.15) is 13.2 Å². The number of carbonyl (C=O) groups is 1. The molecule has 2 unspecified atom stereocenters. The standard InChI is InChI=1S/C17H22F3NO3/c18-17(19,20)14-3-1-2-13(10-14)15(6-8-22)21-16(23)5-4-12-7-9-24-11-12/h1-3,10,12,15,22H,4-9,11H2,(H,21,23). The van der Waals surface area contributed by atoms with Gasteiger partial charge in [-0.3, -0.25) is 4.79 Å². The zero-order valence-electron chi connectivity index (χ0n) is 13.3. The second-order valence-corrected chi connectivity index (χ2v) is 6.02. The van der Waals surface area contributed by atoms with Crippen molar-refractivity contribution < 1.29 is 27.8 Å². The summed E-state index contributed by atoms with van der Waals surface area (Å²) in [4.78, 5) is 12.1. The van der Waals surface area contributed by atoms with Gasteiger partial charge in [-0.05, 0) is 42.9 Å². The molecule has 7 heteroatoms. The van der Waals surface area contributed by atoms with E-state index in [-0.39, 0.29) is 18.9 Å². The van der Waals surface area contributed by atoms with E-state index in [0.717, 1.165) is 18.6 Å². The van der Waals surface area contributed by atoms with Crippen LogP contribution in [0.1, 0.15) is 42.9 Å². The Labute approximate surface area is 139 Å². The SMILES string of the molecule is O=C(CCC1CCOC1)NC(CCO)c1cccc(C(F)(F)F)c1. The van der Waals surface area contributed by atoms with Crippen LogP contribution in [0.2, 0.25) is 0 Å². The monoisotopic (exact) mass is 345 g/mol. The van der Waals surface area contributed by atoms with Gasteiger partial charge in [0.25, 0.3) is 0 Å². The number of nitrogens with one attached hydrogen (secondary N) is 1. The average molecular weight is 345 g/mol. The van der Waals surface area contributed by atoms with Crippen molar-refractivity contribution in [2.24, 2.45) is 5.92 Å². The highest BCUT2D eigenvalue weighted by Gasteiger charge is 2.31. The van der Waals surface area contributed by atoms with Crippen LogP contribution in [0, 0.1) is 5.92 Å². The Bertz CT molecular complexity index is 542. The molecule has 1 heterocycles. The molecule has 0 bridgehead atoms. The first kappa shape index (κ1) is 18.7. The van der Waals surface area contributed by atoms with E-state index in [2.05, 4.69) is 5.32 Å². The van der Waals surface area contributed by atoms with Crippen molar-refractivity contribution in [3.05, 3.63) is 35.4 Å². The second-order valence-electron chi connectivity index (χ2n) is 6.02. The summed E-state index contributed by atoms with van der Waals surface area (Å²) in [5.74, 6) is 0.137. The van der Waals surface area contributed by atoms with E-state index in [1.807, 2.05) is 0 Å². The third-order valence-corrected chi connectivity index (χ3v) is 4.17. The third-order valence-electron chi connectivity index (χ3n) is 4.17. The van der Waals surface area contributed by atoms with Gasteiger partial charge >= 0.3 is 6.18 Å². The van der Waals surface area contributed by atoms with Crippen molar-refractivity contribution in [2.75, 3.05) is 19.8 Å². The highest BCUT2D eigenvalue weighted by Crippen LogP contribution is 2.31. The molecule has 2 atom stereocenters. The van der Waals surface area contributed by atoms with Crippen molar-refractivity contribution in [2.45, 2.75) is 37.9 Å². The molecule has 1 saturated heterocycles. The summed E-state index contributed by atoms with van der Waals surface area (Å²) in [5.41, 5.74) is -0.420. The lowest BCUT2D eigenvalue weighted by molar-refractivity contribution is -0.137. The Balaban J connectivity index is 1.99. The topological polar surface area (TPSA) is 58.6 Å². The maximum atomic E-state index is 12.8. The Kier molecular flexibility index (Phi) is 6.62. The maximum Gasteiger partial charge on any atom is 0.416 e. The summed E-state index contributed by atoms with van der Waals surface area (Å²) in [7, 11) is 0. The highest BCUT2D eigenvalue weighted by atomic mass is 19.4. The van der Waals surface area contributed by atoms with E-state index in [9.17, 15) is 18.0 Å². The summed E-state index contributed by atoms with van der Waals surface area (Å²) >= 11 is 0. The number of hydrogen-bond donors (Lipinski definition) is 2. The van der Waals surface area contributed by atoms with E-state index >= 15 is 0 Å². The molecule has 1 aliphatic rings. The average Bonchev–Trinajstić information content (AvgIpc) is 3.05. The summed E-state index contributed by atoms with van der Waals surface area (Å²) in [5, 5.41) is 11.9. The smallest absolute Gasteiger partial charge is 0.396 e. The van der Waals surface area contributed by atoms with Crippen LogP contribution in [-0.2, 0) is 15.7 Å². The minimum absolute atomic E-state index is 0.166. The molecule has 1 amide bonds. The number of ether oxygens (including phenoxy) is 1. The molecule has 134 valence electrons. The largest absolute Gasteiger partial charge is 0.416 e. The van der Waals surface area contributed by atoms with Crippen molar-refractivity contribution in [3.8, 4) is 0 Å². The third kappa shape index (κ3) is 5.49. The van der Waals surface area contributed by atoms with E-state index in [0.29, 0.717) is 37.5 Å². The van der Waals surface area contributed by atoms with E-state index in [4.69, 9.17) is 9.84 Å². The number of hydrogen-bond acceptors (Lipinski definition) is 3. The van der Waals surface area contributed by atoms with Gasteiger partial charge < -0.3 is 15.2 Å². The van der Waals surface area contributed by atoms with Gasteiger partial charge in [0, 0.05) is 26.2 Å². The van der Waals surface area contributed by atoms with Gasteiger partial charge in [0.05, 0.1) is 11.6 Å². The number of halogens is 3. The van der Waals surface area contributed by atoms with Gasteiger partial charge in [-0.15, -0.1) is 0 Å². The van der Waals surface area contributed by atoms with Gasteiger partial charge in [0.2, 0.25) is 5.91 Å². The minimum atomic E-state index is -4.44. The van der Waals surface area contributed by atoms with E-state index < -0.39 is 17.8 Å². The van der Waals surface area contributed by atoms with Crippen LogP contribution in [0.4, 0.5) is 13.2 Å². The van der Waals surface area contributed by atoms with Crippen LogP contribution >= 0.6 is 0 Å². The summed E-state index contributed by atoms with van der Waals surface area (Å²) in [6.07, 6.45) is -2.35. The zero-order chi connectivity index (χ0) is 17.6. The highest BCUT2D eigenvalue weighted by molar-refractivity contribution is 5.76. The lowest BCUT2D eigenvalue weighted by Gasteiger charge is -2.20. The van der Waals surface area contributed by atoms with Gasteiger partial charge in [-0.1, -0.05) is 12.1 Å². The number of aliphatic hydroxyl groups excluding tert-OH is 1. The van der Waals surface area contributed by atoms with Crippen molar-refractivity contribution in [1.82, 2.24) is 5.32 Å². The quantitative estimate of drug-likeness (QED) is 0.798. The van der Waals surface area contributed by atoms with Crippen LogP contribution in [-0.4, -0.2) is 30.8 Å². The molecular weight excluding hydrogens is 323 g/mol. The molecule has 4 nitrogen and oxygen atoms in total. The molecule has 1 aromatic rings. The maximum absolute atomic E-state index is 12.8. The predicted molar refractivity (Wildman–Crippen MR) is 82.2 cm³/mol. The lowest BCUT2D eigenvalue weighted by atomic mass is 9.99. The first-order chi connectivity index (χ1) is 11.4. The minimum Gasteiger partial charge on any atom is -0.396 e. The Hall–Kier alpha value is -1.60. The molecule has 0 aliphatic carbocycles. The van der Waals surface area contributed by atoms with Crippen molar-refractivity contribution in [3.63, 3.8) is 0 Å². The molecule has 0 spiro atoms. The number of alkyl halides is 3. The number of carbonyl (C=O) groups excluding carboxylic acids is 1. The lowest BCUT2D eigenvalue weighted by Crippen LogP contribution is -2.29. The van der Waals surface area contributed by atoms with E-state index in [1.54, 1.807) is 0 Å². The molecular formula is C17H22F3NO3. The summed E-state index contributed by atoms with van der Waals surface area (Å²) in [6.45, 7) is 1.14. The molecule has 0 radical (unpaired) electrons. The van der Waals surface area contributed by atoms with Crippen molar-refractivity contribution >= 4 is 5.91 Å². The number of rotatable bonds is 7. The molecule has 0 saturated carbocycles. The Morgan fingerprint density at radius 1 is 1.42 bits per heavy atom. The molecule has 1 aliphatic heterocycles. The zero-order valence-corrected chi connectivity index (χ0v) is 13.3. The van der Waals surface area contributed by atoms with Crippen LogP contribution in [0.5, 0.6) is 0 Å². The Morgan fingerprint density at radius 2 is 2.21 bits per heavy atom. The van der Waals surface area contributed by atoms with E-state index in [1.165, 1.54) is 12.1 Å². The van der Waals surface area contributed by atoms with Crippen LogP contribution in [0.3, 0.4) is 0 Å². The number of aliphatic hydroxyl groups is 1. The van der Waals surface area contributed by atoms with Crippen LogP contribution < -0.4 is 5.32 Å². The van der Waals surface area contributed by atoms with Gasteiger partial charge in [0.15, 0.2) is 0 Å². The normalized spacial score (nSPS) is 19.2. The number of benzene rings is 1. The predicted octanol–water partition coefficient (Wildman–Crippen LogP) is 3.06. The molecule has 2 rings (SSSR count). The fourth-order valence-corrected chi connectivity index (χ4v) is 2.80. The molecule has 24 heavy (non-hydrogen) atoms. The van der Waals surface area contributed by atoms with Gasteiger partial charge in [-0.25, -0.2) is 0 Å². The second kappa shape index (κ2) is 8.48. The fourth-order valence-electron chi connectivity index (χ4n) is 2.80. The molecule has 1 aromatic carbocycles. The van der Waals surface area contributed by atoms with Gasteiger partial charge in [0.1, 0.15) is 0 Å². The summed E-state index contributed by atoms with van der Waals surface area (Å²) in [6, 6.07) is 4.21. The fraction of sp³-hybridized carbons (Fsp3) is 0.588. The molecule has 0 aromatic heterocycles. The first-order valence-corrected chi connectivity index (χ1v) is 8.05. The first-order valence-electron chi connectivity index (χ1n) is 8.05. The summed E-state index contributed by atoms with van der Waals surface area (Å²) < 4.78 is 43.7.